The number of fused-ring (bicyclic) bond motifs is 3. The molecule has 4 aromatic rings. The highest BCUT2D eigenvalue weighted by Gasteiger charge is 2.18. The normalized spacial score (nSPS) is 11.0. The Labute approximate surface area is 150 Å². The third-order valence-electron chi connectivity index (χ3n) is 4.40. The third kappa shape index (κ3) is 2.56. The van der Waals surface area contributed by atoms with Crippen molar-refractivity contribution in [2.45, 2.75) is 0 Å². The van der Waals surface area contributed by atoms with E-state index in [9.17, 15) is 24.1 Å². The predicted octanol–water partition coefficient (Wildman–Crippen LogP) is 3.55. The molecule has 0 aliphatic rings. The van der Waals surface area contributed by atoms with Gasteiger partial charge in [-0.2, -0.15) is 4.39 Å². The summed E-state index contributed by atoms with van der Waals surface area (Å²) in [6, 6.07) is 16.4. The maximum atomic E-state index is 13.7. The van der Waals surface area contributed by atoms with Crippen molar-refractivity contribution in [1.82, 2.24) is 4.57 Å². The number of nitro groups is 1. The lowest BCUT2D eigenvalue weighted by atomic mass is 10.1. The number of rotatable bonds is 2. The van der Waals surface area contributed by atoms with Gasteiger partial charge in [0, 0.05) is 16.8 Å². The number of halogens is 1. The fourth-order valence-electron chi connectivity index (χ4n) is 3.16. The van der Waals surface area contributed by atoms with Gasteiger partial charge in [0.05, 0.1) is 10.6 Å². The largest absolute Gasteiger partial charge is 0.306 e. The summed E-state index contributed by atoms with van der Waals surface area (Å²) >= 11 is 0. The summed E-state index contributed by atoms with van der Waals surface area (Å²) in [7, 11) is 0. The van der Waals surface area contributed by atoms with Gasteiger partial charge in [0.1, 0.15) is 0 Å². The number of benzene rings is 3. The van der Waals surface area contributed by atoms with Crippen molar-refractivity contribution in [3.8, 4) is 5.69 Å². The Morgan fingerprint density at radius 3 is 1.74 bits per heavy atom. The van der Waals surface area contributed by atoms with Crippen LogP contribution in [0.3, 0.4) is 0 Å². The molecule has 132 valence electrons. The molecule has 0 bridgehead atoms. The molecule has 1 heterocycles. The first-order valence-corrected chi connectivity index (χ1v) is 8.00. The fraction of sp³-hybridized carbons (Fsp3) is 0. The van der Waals surface area contributed by atoms with Gasteiger partial charge in [0.15, 0.2) is 0 Å². The van der Waals surface area contributed by atoms with Gasteiger partial charge < -0.3 is 0 Å². The number of nitrogens with zero attached hydrogens (tertiary/aromatic N) is 2. The van der Waals surface area contributed by atoms with Gasteiger partial charge in [-0.3, -0.25) is 19.7 Å². The Morgan fingerprint density at radius 2 is 1.26 bits per heavy atom. The summed E-state index contributed by atoms with van der Waals surface area (Å²) in [5, 5.41) is 12.8. The fourth-order valence-corrected chi connectivity index (χ4v) is 3.16. The highest BCUT2D eigenvalue weighted by Crippen LogP contribution is 2.22. The van der Waals surface area contributed by atoms with E-state index in [2.05, 4.69) is 0 Å². The van der Waals surface area contributed by atoms with Crippen LogP contribution in [0.15, 0.2) is 76.3 Å². The molecule has 0 N–H and O–H groups in total. The lowest BCUT2D eigenvalue weighted by Gasteiger charge is -2.03. The lowest BCUT2D eigenvalue weighted by Crippen LogP contribution is -2.28. The first kappa shape index (κ1) is 16.6. The van der Waals surface area contributed by atoms with Crippen molar-refractivity contribution < 1.29 is 9.31 Å². The highest BCUT2D eigenvalue weighted by molar-refractivity contribution is 6.05. The molecule has 0 aliphatic heterocycles. The highest BCUT2D eigenvalue weighted by atomic mass is 19.1. The first-order valence-electron chi connectivity index (χ1n) is 8.00. The van der Waals surface area contributed by atoms with Crippen molar-refractivity contribution in [1.29, 1.82) is 0 Å². The van der Waals surface area contributed by atoms with Gasteiger partial charge in [0.25, 0.3) is 11.1 Å². The molecule has 3 aromatic carbocycles. The smallest absolute Gasteiger partial charge is 0.268 e. The minimum atomic E-state index is -1.04. The molecular weight excluding hydrogens is 351 g/mol. The van der Waals surface area contributed by atoms with E-state index in [1.807, 2.05) is 0 Å². The molecule has 0 unspecified atom stereocenters. The summed E-state index contributed by atoms with van der Waals surface area (Å²) in [6.45, 7) is 0. The van der Waals surface area contributed by atoms with Crippen LogP contribution in [0.25, 0.3) is 27.2 Å². The second kappa shape index (κ2) is 6.14. The van der Waals surface area contributed by atoms with Crippen molar-refractivity contribution in [3.63, 3.8) is 0 Å². The molecule has 0 fully saturated rings. The number of nitro benzene ring substituents is 1. The molecule has 7 heteroatoms. The standard InChI is InChI=1S/C20H11FN2O4/c21-17-10-9-12(11-18(17)23(26)27)22-19(24)15-7-3-1-5-13(15)14-6-2-4-8-16(14)20(22)25/h1-11H. The second-order valence-corrected chi connectivity index (χ2v) is 5.93. The van der Waals surface area contributed by atoms with E-state index in [1.54, 1.807) is 48.5 Å². The molecule has 0 aliphatic carbocycles. The molecule has 27 heavy (non-hydrogen) atoms. The molecule has 6 nitrogen and oxygen atoms in total. The average molecular weight is 362 g/mol. The molecule has 0 amide bonds. The summed E-state index contributed by atoms with van der Waals surface area (Å²) in [6.07, 6.45) is 0. The van der Waals surface area contributed by atoms with E-state index < -0.39 is 27.5 Å². The van der Waals surface area contributed by atoms with Crippen LogP contribution in [0.1, 0.15) is 0 Å². The van der Waals surface area contributed by atoms with E-state index in [0.29, 0.717) is 10.8 Å². The number of hydrogen-bond acceptors (Lipinski definition) is 4. The Morgan fingerprint density at radius 1 is 0.778 bits per heavy atom. The molecule has 4 rings (SSSR count). The predicted molar refractivity (Wildman–Crippen MR) is 99.9 cm³/mol. The van der Waals surface area contributed by atoms with E-state index in [4.69, 9.17) is 0 Å². The van der Waals surface area contributed by atoms with Crippen LogP contribution >= 0.6 is 0 Å². The zero-order valence-corrected chi connectivity index (χ0v) is 13.8. The van der Waals surface area contributed by atoms with Gasteiger partial charge in [-0.05, 0) is 35.0 Å². The summed E-state index contributed by atoms with van der Waals surface area (Å²) in [5.74, 6) is -1.04. The van der Waals surface area contributed by atoms with Gasteiger partial charge in [0.2, 0.25) is 5.82 Å². The molecule has 0 radical (unpaired) electrons. The summed E-state index contributed by atoms with van der Waals surface area (Å²) < 4.78 is 14.6. The van der Waals surface area contributed by atoms with Crippen molar-refractivity contribution >= 4 is 27.2 Å². The van der Waals surface area contributed by atoms with E-state index in [0.717, 1.165) is 16.7 Å². The van der Waals surface area contributed by atoms with Crippen molar-refractivity contribution in [3.05, 3.63) is 103 Å². The monoisotopic (exact) mass is 362 g/mol. The Kier molecular flexibility index (Phi) is 3.77. The van der Waals surface area contributed by atoms with E-state index in [-0.39, 0.29) is 16.5 Å². The van der Waals surface area contributed by atoms with Gasteiger partial charge in [-0.15, -0.1) is 0 Å². The molecular formula is C20H11FN2O4. The van der Waals surface area contributed by atoms with Gasteiger partial charge in [-0.25, -0.2) is 4.57 Å². The molecule has 0 saturated heterocycles. The zero-order valence-electron chi connectivity index (χ0n) is 13.8. The zero-order chi connectivity index (χ0) is 19.1. The van der Waals surface area contributed by atoms with Crippen LogP contribution in [0.4, 0.5) is 10.1 Å². The molecule has 0 spiro atoms. The van der Waals surface area contributed by atoms with E-state index in [1.165, 1.54) is 6.07 Å². The maximum Gasteiger partial charge on any atom is 0.306 e. The average Bonchev–Trinajstić information content (AvgIpc) is 2.77. The summed E-state index contributed by atoms with van der Waals surface area (Å²) in [5.41, 5.74) is -2.14. The molecule has 0 saturated carbocycles. The molecule has 0 atom stereocenters. The maximum absolute atomic E-state index is 13.7. The van der Waals surface area contributed by atoms with Crippen LogP contribution in [0.2, 0.25) is 0 Å². The minimum Gasteiger partial charge on any atom is -0.268 e. The van der Waals surface area contributed by atoms with Crippen LogP contribution < -0.4 is 11.1 Å². The molecule has 1 aromatic heterocycles. The topological polar surface area (TPSA) is 82.2 Å². The second-order valence-electron chi connectivity index (χ2n) is 5.93. The van der Waals surface area contributed by atoms with Crippen LogP contribution in [0, 0.1) is 15.9 Å². The number of hydrogen-bond donors (Lipinski definition) is 0. The van der Waals surface area contributed by atoms with Crippen LogP contribution in [-0.4, -0.2) is 9.49 Å². The summed E-state index contributed by atoms with van der Waals surface area (Å²) in [4.78, 5) is 36.4. The van der Waals surface area contributed by atoms with Crippen LogP contribution in [-0.2, 0) is 0 Å². The van der Waals surface area contributed by atoms with Crippen molar-refractivity contribution in [2.24, 2.45) is 0 Å². The van der Waals surface area contributed by atoms with Crippen LogP contribution in [0.5, 0.6) is 0 Å². The Hall–Kier alpha value is -3.87. The Bertz CT molecular complexity index is 1290. The number of aromatic nitrogens is 1. The van der Waals surface area contributed by atoms with Gasteiger partial charge in [-0.1, -0.05) is 36.4 Å². The van der Waals surface area contributed by atoms with Gasteiger partial charge >= 0.3 is 5.69 Å². The first-order chi connectivity index (χ1) is 13.0. The van der Waals surface area contributed by atoms with E-state index >= 15 is 0 Å². The SMILES string of the molecule is O=c1c2ccccc2c2ccccc2c(=O)n1-c1ccc(F)c([N+](=O)[O-])c1. The lowest BCUT2D eigenvalue weighted by molar-refractivity contribution is -0.387. The quantitative estimate of drug-likeness (QED) is 0.403. The van der Waals surface area contributed by atoms with Crippen molar-refractivity contribution in [2.75, 3.05) is 0 Å². The third-order valence-corrected chi connectivity index (χ3v) is 4.40. The minimum absolute atomic E-state index is 0.0652. The Balaban J connectivity index is 2.26.